The first-order chi connectivity index (χ1) is 11.1. The summed E-state index contributed by atoms with van der Waals surface area (Å²) in [7, 11) is 0. The van der Waals surface area contributed by atoms with Gasteiger partial charge in [0.2, 0.25) is 5.91 Å². The minimum atomic E-state index is -0.343. The molecule has 120 valence electrons. The van der Waals surface area contributed by atoms with Gasteiger partial charge < -0.3 is 0 Å². The van der Waals surface area contributed by atoms with Crippen LogP contribution in [0, 0.1) is 6.92 Å². The second-order valence-electron chi connectivity index (χ2n) is 5.14. The summed E-state index contributed by atoms with van der Waals surface area (Å²) in [5.74, 6) is 0.0458. The molecule has 0 bridgehead atoms. The quantitative estimate of drug-likeness (QED) is 0.864. The molecule has 1 fully saturated rings. The van der Waals surface area contributed by atoms with Crippen molar-refractivity contribution in [3.8, 4) is 0 Å². The van der Waals surface area contributed by atoms with Gasteiger partial charge >= 0.3 is 0 Å². The van der Waals surface area contributed by atoms with E-state index in [1.165, 1.54) is 11.8 Å². The van der Waals surface area contributed by atoms with Crippen LogP contribution in [0.4, 0.5) is 0 Å². The molecule has 1 aliphatic heterocycles. The smallest absolute Gasteiger partial charge is 0.290 e. The number of pyridine rings is 1. The Balaban J connectivity index is 1.83. The summed E-state index contributed by atoms with van der Waals surface area (Å²) in [6.45, 7) is 4.38. The Morgan fingerprint density at radius 1 is 1.48 bits per heavy atom. The average molecular weight is 331 g/mol. The highest BCUT2D eigenvalue weighted by molar-refractivity contribution is 8.15. The number of rotatable bonds is 4. The molecule has 7 nitrogen and oxygen atoms in total. The van der Waals surface area contributed by atoms with E-state index in [2.05, 4.69) is 15.5 Å². The maximum absolute atomic E-state index is 12.5. The molecule has 2 aromatic rings. The molecular formula is C15H17N5O2S. The number of imidazole rings is 1. The van der Waals surface area contributed by atoms with Gasteiger partial charge in [-0.2, -0.15) is 0 Å². The third-order valence-corrected chi connectivity index (χ3v) is 4.44. The van der Waals surface area contributed by atoms with Gasteiger partial charge in [-0.05, 0) is 25.5 Å². The molecule has 2 aromatic heterocycles. The molecule has 1 saturated heterocycles. The van der Waals surface area contributed by atoms with Crippen molar-refractivity contribution in [2.45, 2.75) is 20.3 Å². The van der Waals surface area contributed by atoms with Crippen LogP contribution < -0.4 is 5.43 Å². The highest BCUT2D eigenvalue weighted by Crippen LogP contribution is 2.19. The molecule has 0 radical (unpaired) electrons. The summed E-state index contributed by atoms with van der Waals surface area (Å²) in [4.78, 5) is 30.2. The van der Waals surface area contributed by atoms with Gasteiger partial charge in [0.25, 0.3) is 5.91 Å². The van der Waals surface area contributed by atoms with Gasteiger partial charge in [-0.25, -0.2) is 10.4 Å². The van der Waals surface area contributed by atoms with Crippen LogP contribution in [0.25, 0.3) is 5.65 Å². The molecule has 8 heteroatoms. The fourth-order valence-electron chi connectivity index (χ4n) is 2.46. The third kappa shape index (κ3) is 2.94. The number of fused-ring (bicyclic) bond motifs is 1. The van der Waals surface area contributed by atoms with Crippen molar-refractivity contribution in [3.63, 3.8) is 0 Å². The van der Waals surface area contributed by atoms with Gasteiger partial charge in [-0.1, -0.05) is 24.8 Å². The standard InChI is InChI=1S/C15H17N5O2S/c1-3-7-20-12(21)9-23-15(20)18-17-14(22)13-10(2)16-11-6-4-5-8-19(11)13/h4-6,8H,3,7,9H2,1-2H3,(H,17,22)/b18-15-. The molecule has 0 unspecified atom stereocenters. The Labute approximate surface area is 137 Å². The lowest BCUT2D eigenvalue weighted by Gasteiger charge is -2.14. The minimum absolute atomic E-state index is 0.0239. The largest absolute Gasteiger partial charge is 0.295 e. The van der Waals surface area contributed by atoms with Crippen LogP contribution in [-0.4, -0.2) is 43.6 Å². The topological polar surface area (TPSA) is 79.1 Å². The minimum Gasteiger partial charge on any atom is -0.295 e. The van der Waals surface area contributed by atoms with Crippen molar-refractivity contribution < 1.29 is 9.59 Å². The summed E-state index contributed by atoms with van der Waals surface area (Å²) in [5, 5.41) is 4.66. The zero-order chi connectivity index (χ0) is 16.4. The van der Waals surface area contributed by atoms with Crippen molar-refractivity contribution in [1.29, 1.82) is 0 Å². The number of hydrazone groups is 1. The summed E-state index contributed by atoms with van der Waals surface area (Å²) in [6, 6.07) is 5.54. The predicted octanol–water partition coefficient (Wildman–Crippen LogP) is 1.63. The molecule has 2 amide bonds. The van der Waals surface area contributed by atoms with E-state index in [0.29, 0.717) is 34.5 Å². The first-order valence-corrected chi connectivity index (χ1v) is 8.35. The van der Waals surface area contributed by atoms with Crippen molar-refractivity contribution in [2.75, 3.05) is 12.3 Å². The maximum atomic E-state index is 12.5. The highest BCUT2D eigenvalue weighted by atomic mass is 32.2. The second-order valence-corrected chi connectivity index (χ2v) is 6.09. The van der Waals surface area contributed by atoms with Crippen LogP contribution >= 0.6 is 11.8 Å². The molecule has 0 atom stereocenters. The SMILES string of the molecule is CCCN1C(=O)CS/C1=N\NC(=O)c1c(C)nc2ccccn12. The molecule has 3 rings (SSSR count). The number of amides is 2. The van der Waals surface area contributed by atoms with Gasteiger partial charge in [0.1, 0.15) is 11.3 Å². The molecule has 0 spiro atoms. The monoisotopic (exact) mass is 331 g/mol. The van der Waals surface area contributed by atoms with Crippen LogP contribution in [0.15, 0.2) is 29.5 Å². The number of hydrogen-bond donors (Lipinski definition) is 1. The first-order valence-electron chi connectivity index (χ1n) is 7.36. The maximum Gasteiger partial charge on any atom is 0.290 e. The van der Waals surface area contributed by atoms with Crippen molar-refractivity contribution in [3.05, 3.63) is 35.8 Å². The van der Waals surface area contributed by atoms with Gasteiger partial charge in [0.05, 0.1) is 11.4 Å². The molecule has 3 heterocycles. The van der Waals surface area contributed by atoms with E-state index in [1.807, 2.05) is 25.1 Å². The van der Waals surface area contributed by atoms with E-state index in [9.17, 15) is 9.59 Å². The number of carbonyl (C=O) groups is 2. The van der Waals surface area contributed by atoms with E-state index >= 15 is 0 Å². The summed E-state index contributed by atoms with van der Waals surface area (Å²) in [5.41, 5.74) is 4.33. The van der Waals surface area contributed by atoms with E-state index in [1.54, 1.807) is 22.4 Å². The zero-order valence-electron chi connectivity index (χ0n) is 12.9. The number of aromatic nitrogens is 2. The van der Waals surface area contributed by atoms with Crippen LogP contribution in [0.5, 0.6) is 0 Å². The Hall–Kier alpha value is -2.35. The lowest BCUT2D eigenvalue weighted by molar-refractivity contribution is -0.124. The number of hydrogen-bond acceptors (Lipinski definition) is 5. The van der Waals surface area contributed by atoms with Gasteiger partial charge in [0.15, 0.2) is 5.17 Å². The summed E-state index contributed by atoms with van der Waals surface area (Å²) in [6.07, 6.45) is 2.63. The molecule has 0 aromatic carbocycles. The Morgan fingerprint density at radius 3 is 3.09 bits per heavy atom. The number of aryl methyl sites for hydroxylation is 1. The van der Waals surface area contributed by atoms with E-state index < -0.39 is 0 Å². The molecule has 1 aliphatic rings. The Kier molecular flexibility index (Phi) is 4.33. The average Bonchev–Trinajstić information content (AvgIpc) is 3.05. The van der Waals surface area contributed by atoms with E-state index in [0.717, 1.165) is 6.42 Å². The molecule has 1 N–H and O–H groups in total. The normalized spacial score (nSPS) is 16.5. The third-order valence-electron chi connectivity index (χ3n) is 3.48. The van der Waals surface area contributed by atoms with Gasteiger partial charge in [-0.15, -0.1) is 5.10 Å². The van der Waals surface area contributed by atoms with E-state index in [4.69, 9.17) is 0 Å². The number of carbonyl (C=O) groups excluding carboxylic acids is 2. The summed E-state index contributed by atoms with van der Waals surface area (Å²) >= 11 is 1.33. The molecule has 0 saturated carbocycles. The second kappa shape index (κ2) is 6.41. The molecule has 0 aliphatic carbocycles. The van der Waals surface area contributed by atoms with Crippen molar-refractivity contribution in [1.82, 2.24) is 19.7 Å². The first kappa shape index (κ1) is 15.5. The van der Waals surface area contributed by atoms with E-state index in [-0.39, 0.29) is 11.8 Å². The predicted molar refractivity (Wildman–Crippen MR) is 89.3 cm³/mol. The summed E-state index contributed by atoms with van der Waals surface area (Å²) < 4.78 is 1.72. The lowest BCUT2D eigenvalue weighted by Crippen LogP contribution is -2.32. The van der Waals surface area contributed by atoms with Crippen LogP contribution in [-0.2, 0) is 4.79 Å². The molecular weight excluding hydrogens is 314 g/mol. The Bertz CT molecular complexity index is 798. The van der Waals surface area contributed by atoms with Gasteiger partial charge in [0, 0.05) is 12.7 Å². The number of nitrogens with one attached hydrogen (secondary N) is 1. The van der Waals surface area contributed by atoms with Crippen molar-refractivity contribution >= 4 is 34.4 Å². The van der Waals surface area contributed by atoms with Gasteiger partial charge in [-0.3, -0.25) is 18.9 Å². The number of amidine groups is 1. The van der Waals surface area contributed by atoms with Crippen molar-refractivity contribution in [2.24, 2.45) is 5.10 Å². The Morgan fingerprint density at radius 2 is 2.30 bits per heavy atom. The fraction of sp³-hybridized carbons (Fsp3) is 0.333. The zero-order valence-corrected chi connectivity index (χ0v) is 13.8. The van der Waals surface area contributed by atoms with Crippen LogP contribution in [0.1, 0.15) is 29.5 Å². The van der Waals surface area contributed by atoms with Crippen LogP contribution in [0.3, 0.4) is 0 Å². The highest BCUT2D eigenvalue weighted by Gasteiger charge is 2.28. The number of nitrogens with zero attached hydrogens (tertiary/aromatic N) is 4. The fourth-order valence-corrected chi connectivity index (χ4v) is 3.33. The lowest BCUT2D eigenvalue weighted by atomic mass is 10.3. The number of thioether (sulfide) groups is 1. The molecule has 23 heavy (non-hydrogen) atoms. The van der Waals surface area contributed by atoms with Crippen LogP contribution in [0.2, 0.25) is 0 Å².